The highest BCUT2D eigenvalue weighted by Gasteiger charge is 2.02. The molecule has 0 aliphatic heterocycles. The van der Waals surface area contributed by atoms with Crippen LogP contribution in [0.2, 0.25) is 0 Å². The minimum absolute atomic E-state index is 0.0225. The lowest BCUT2D eigenvalue weighted by molar-refractivity contribution is 0.0953. The molecule has 1 aromatic carbocycles. The van der Waals surface area contributed by atoms with E-state index in [1.54, 1.807) is 0 Å². The van der Waals surface area contributed by atoms with Gasteiger partial charge in [-0.2, -0.15) is 0 Å². The van der Waals surface area contributed by atoms with Gasteiger partial charge in [-0.15, -0.1) is 0 Å². The highest BCUT2D eigenvalue weighted by atomic mass is 16.1. The van der Waals surface area contributed by atoms with E-state index < -0.39 is 0 Å². The monoisotopic (exact) mass is 376 g/mol. The first-order valence-corrected chi connectivity index (χ1v) is 10.8. The molecule has 0 saturated carbocycles. The Morgan fingerprint density at radius 3 is 1.74 bits per heavy atom. The number of hydrogen-bond donors (Lipinski definition) is 4. The topological polar surface area (TPSA) is 79.2 Å². The van der Waals surface area contributed by atoms with Crippen molar-refractivity contribution in [2.24, 2.45) is 5.73 Å². The van der Waals surface area contributed by atoms with E-state index >= 15 is 0 Å². The van der Waals surface area contributed by atoms with E-state index in [4.69, 9.17) is 5.73 Å². The van der Waals surface area contributed by atoms with Gasteiger partial charge < -0.3 is 21.7 Å². The molecule has 5 heteroatoms. The lowest BCUT2D eigenvalue weighted by Gasteiger charge is -2.07. The van der Waals surface area contributed by atoms with Crippen molar-refractivity contribution >= 4 is 5.91 Å². The van der Waals surface area contributed by atoms with Gasteiger partial charge in [0.25, 0.3) is 5.91 Å². The summed E-state index contributed by atoms with van der Waals surface area (Å²) in [5.41, 5.74) is 6.21. The van der Waals surface area contributed by atoms with Gasteiger partial charge in [0.1, 0.15) is 0 Å². The molecule has 1 amide bonds. The van der Waals surface area contributed by atoms with Crippen molar-refractivity contribution in [3.8, 4) is 0 Å². The van der Waals surface area contributed by atoms with Crippen molar-refractivity contribution in [3.63, 3.8) is 0 Å². The van der Waals surface area contributed by atoms with Gasteiger partial charge in [-0.3, -0.25) is 4.79 Å². The number of amides is 1. The molecule has 0 aliphatic carbocycles. The highest BCUT2D eigenvalue weighted by Crippen LogP contribution is 2.02. The van der Waals surface area contributed by atoms with E-state index in [0.717, 1.165) is 64.1 Å². The Morgan fingerprint density at radius 2 is 1.15 bits per heavy atom. The Kier molecular flexibility index (Phi) is 15.7. The number of unbranched alkanes of at least 4 members (excludes halogenated alkanes) is 6. The number of hydrogen-bond acceptors (Lipinski definition) is 4. The van der Waals surface area contributed by atoms with Crippen molar-refractivity contribution < 1.29 is 4.79 Å². The first-order chi connectivity index (χ1) is 13.3. The number of nitrogens with two attached hydrogens (primary N) is 1. The SMILES string of the molecule is NCCCCNCCCCCCCNCCCCNC(=O)c1ccccc1. The average Bonchev–Trinajstić information content (AvgIpc) is 2.70. The van der Waals surface area contributed by atoms with Crippen molar-refractivity contribution in [2.45, 2.75) is 57.8 Å². The van der Waals surface area contributed by atoms with Crippen LogP contribution in [0.1, 0.15) is 68.1 Å². The lowest BCUT2D eigenvalue weighted by Crippen LogP contribution is -2.25. The predicted octanol–water partition coefficient (Wildman–Crippen LogP) is 3.07. The minimum Gasteiger partial charge on any atom is -0.352 e. The van der Waals surface area contributed by atoms with Crippen molar-refractivity contribution in [2.75, 3.05) is 39.3 Å². The van der Waals surface area contributed by atoms with E-state index in [2.05, 4.69) is 16.0 Å². The second-order valence-electron chi connectivity index (χ2n) is 7.09. The van der Waals surface area contributed by atoms with Crippen molar-refractivity contribution in [1.82, 2.24) is 16.0 Å². The molecular formula is C22H40N4O. The summed E-state index contributed by atoms with van der Waals surface area (Å²) in [5.74, 6) is 0.0225. The molecule has 5 nitrogen and oxygen atoms in total. The van der Waals surface area contributed by atoms with Gasteiger partial charge in [0, 0.05) is 12.1 Å². The van der Waals surface area contributed by atoms with Crippen molar-refractivity contribution in [3.05, 3.63) is 35.9 Å². The summed E-state index contributed by atoms with van der Waals surface area (Å²) in [6, 6.07) is 9.39. The van der Waals surface area contributed by atoms with Crippen molar-refractivity contribution in [1.29, 1.82) is 0 Å². The maximum Gasteiger partial charge on any atom is 0.251 e. The molecule has 0 spiro atoms. The van der Waals surface area contributed by atoms with Crippen LogP contribution in [0.5, 0.6) is 0 Å². The van der Waals surface area contributed by atoms with Gasteiger partial charge in [0.15, 0.2) is 0 Å². The molecule has 0 radical (unpaired) electrons. The molecule has 0 saturated heterocycles. The Hall–Kier alpha value is -1.43. The minimum atomic E-state index is 0.0225. The smallest absolute Gasteiger partial charge is 0.251 e. The van der Waals surface area contributed by atoms with Gasteiger partial charge in [-0.25, -0.2) is 0 Å². The fourth-order valence-corrected chi connectivity index (χ4v) is 2.94. The van der Waals surface area contributed by atoms with E-state index in [1.165, 1.54) is 38.5 Å². The summed E-state index contributed by atoms with van der Waals surface area (Å²) in [7, 11) is 0. The van der Waals surface area contributed by atoms with Gasteiger partial charge in [0.05, 0.1) is 0 Å². The molecule has 0 unspecified atom stereocenters. The van der Waals surface area contributed by atoms with Crippen LogP contribution < -0.4 is 21.7 Å². The van der Waals surface area contributed by atoms with Crippen LogP contribution in [0.15, 0.2) is 30.3 Å². The van der Waals surface area contributed by atoms with E-state index in [0.29, 0.717) is 0 Å². The van der Waals surface area contributed by atoms with Crippen LogP contribution in [-0.2, 0) is 0 Å². The van der Waals surface area contributed by atoms with E-state index in [1.807, 2.05) is 30.3 Å². The van der Waals surface area contributed by atoms with Crippen LogP contribution >= 0.6 is 0 Å². The van der Waals surface area contributed by atoms with Gasteiger partial charge in [-0.05, 0) is 83.4 Å². The number of carbonyl (C=O) groups is 1. The molecule has 154 valence electrons. The first kappa shape index (κ1) is 23.6. The van der Waals surface area contributed by atoms with Gasteiger partial charge in [0.2, 0.25) is 0 Å². The molecule has 5 N–H and O–H groups in total. The lowest BCUT2D eigenvalue weighted by atomic mass is 10.1. The third kappa shape index (κ3) is 14.3. The predicted molar refractivity (Wildman–Crippen MR) is 115 cm³/mol. The summed E-state index contributed by atoms with van der Waals surface area (Å²) in [5, 5.41) is 9.95. The van der Waals surface area contributed by atoms with E-state index in [-0.39, 0.29) is 5.91 Å². The summed E-state index contributed by atoms with van der Waals surface area (Å²) in [4.78, 5) is 11.9. The van der Waals surface area contributed by atoms with Crippen LogP contribution in [0, 0.1) is 0 Å². The molecule has 1 aromatic rings. The average molecular weight is 377 g/mol. The maximum atomic E-state index is 11.9. The first-order valence-electron chi connectivity index (χ1n) is 10.8. The standard InChI is InChI=1S/C22H40N4O/c23-15-7-10-18-24-16-8-2-1-3-9-17-25-19-11-12-20-26-22(27)21-13-5-4-6-14-21/h4-6,13-14,24-25H,1-3,7-12,15-20,23H2,(H,26,27). The van der Waals surface area contributed by atoms with Crippen LogP contribution in [0.3, 0.4) is 0 Å². The maximum absolute atomic E-state index is 11.9. The van der Waals surface area contributed by atoms with Crippen LogP contribution in [-0.4, -0.2) is 45.2 Å². The number of benzene rings is 1. The summed E-state index contributed by atoms with van der Waals surface area (Å²) in [6.45, 7) is 5.94. The zero-order valence-electron chi connectivity index (χ0n) is 17.0. The highest BCUT2D eigenvalue weighted by molar-refractivity contribution is 5.94. The normalized spacial score (nSPS) is 10.9. The molecule has 1 rings (SSSR count). The van der Waals surface area contributed by atoms with Crippen LogP contribution in [0.4, 0.5) is 0 Å². The third-order valence-electron chi connectivity index (χ3n) is 4.62. The van der Waals surface area contributed by atoms with Gasteiger partial charge in [-0.1, -0.05) is 37.5 Å². The molecule has 0 aliphatic rings. The van der Waals surface area contributed by atoms with E-state index in [9.17, 15) is 4.79 Å². The zero-order valence-corrected chi connectivity index (χ0v) is 17.0. The fourth-order valence-electron chi connectivity index (χ4n) is 2.94. The number of carbonyl (C=O) groups excluding carboxylic acids is 1. The summed E-state index contributed by atoms with van der Waals surface area (Å²) >= 11 is 0. The largest absolute Gasteiger partial charge is 0.352 e. The molecular weight excluding hydrogens is 336 g/mol. The molecule has 0 atom stereocenters. The Balaban J connectivity index is 1.75. The molecule has 0 aromatic heterocycles. The van der Waals surface area contributed by atoms with Gasteiger partial charge >= 0.3 is 0 Å². The van der Waals surface area contributed by atoms with Crippen LogP contribution in [0.25, 0.3) is 0 Å². The summed E-state index contributed by atoms with van der Waals surface area (Å²) in [6.07, 6.45) is 11.0. The third-order valence-corrected chi connectivity index (χ3v) is 4.62. The Morgan fingerprint density at radius 1 is 0.667 bits per heavy atom. The Bertz CT molecular complexity index is 453. The second kappa shape index (κ2) is 18.0. The quantitative estimate of drug-likeness (QED) is 0.297. The Labute approximate surface area is 165 Å². The number of nitrogens with one attached hydrogen (secondary N) is 3. The summed E-state index contributed by atoms with van der Waals surface area (Å²) < 4.78 is 0. The fraction of sp³-hybridized carbons (Fsp3) is 0.682. The molecule has 0 bridgehead atoms. The number of rotatable bonds is 18. The molecule has 0 fully saturated rings. The zero-order chi connectivity index (χ0) is 19.4. The molecule has 27 heavy (non-hydrogen) atoms. The molecule has 0 heterocycles. The second-order valence-corrected chi connectivity index (χ2v) is 7.09.